The van der Waals surface area contributed by atoms with Crippen LogP contribution in [0.15, 0.2) is 16.9 Å². The van der Waals surface area contributed by atoms with Crippen LogP contribution in [-0.4, -0.2) is 4.98 Å². The van der Waals surface area contributed by atoms with Gasteiger partial charge in [-0.15, -0.1) is 0 Å². The van der Waals surface area contributed by atoms with Gasteiger partial charge in [0.25, 0.3) is 0 Å². The summed E-state index contributed by atoms with van der Waals surface area (Å²) in [4.78, 5) is 4.16. The number of nitrogens with two attached hydrogens (primary N) is 1. The molecule has 2 rings (SSSR count). The highest BCUT2D eigenvalue weighted by molar-refractivity contribution is 9.10. The smallest absolute Gasteiger partial charge is 0.0413 e. The summed E-state index contributed by atoms with van der Waals surface area (Å²) in [7, 11) is 0. The average Bonchev–Trinajstić information content (AvgIpc) is 2.12. The second-order valence-corrected chi connectivity index (χ2v) is 4.59. The van der Waals surface area contributed by atoms with E-state index >= 15 is 0 Å². The predicted octanol–water partition coefficient (Wildman–Crippen LogP) is 2.43. The largest absolute Gasteiger partial charge is 0.324 e. The molecule has 1 aliphatic rings. The van der Waals surface area contributed by atoms with Crippen LogP contribution < -0.4 is 5.73 Å². The lowest BCUT2D eigenvalue weighted by molar-refractivity contribution is 0.410. The van der Waals surface area contributed by atoms with Gasteiger partial charge in [-0.25, -0.2) is 0 Å². The summed E-state index contributed by atoms with van der Waals surface area (Å²) in [6, 6.07) is 0.161. The van der Waals surface area contributed by atoms with Crippen molar-refractivity contribution < 1.29 is 0 Å². The summed E-state index contributed by atoms with van der Waals surface area (Å²) in [6.07, 6.45) is 6.05. The Balaban J connectivity index is 2.49. The minimum absolute atomic E-state index is 0.161. The molecule has 2 atom stereocenters. The second kappa shape index (κ2) is 3.39. The number of aromatic nitrogens is 1. The van der Waals surface area contributed by atoms with Crippen molar-refractivity contribution in [2.75, 3.05) is 0 Å². The number of pyridine rings is 1. The molecule has 0 amide bonds. The molecule has 2 unspecified atom stereocenters. The first-order valence-corrected chi connectivity index (χ1v) is 5.37. The van der Waals surface area contributed by atoms with Gasteiger partial charge in [0.2, 0.25) is 0 Å². The first-order chi connectivity index (χ1) is 6.20. The van der Waals surface area contributed by atoms with Crippen LogP contribution in [0.3, 0.4) is 0 Å². The number of halogens is 1. The normalized spacial score (nSPS) is 27.0. The number of hydrogen-bond acceptors (Lipinski definition) is 2. The van der Waals surface area contributed by atoms with Gasteiger partial charge in [0, 0.05) is 22.9 Å². The maximum atomic E-state index is 6.10. The fourth-order valence-corrected chi connectivity index (χ4v) is 2.43. The molecule has 0 aromatic carbocycles. The SMILES string of the molecule is CC1CCc2c(Br)cncc2C1N. The minimum Gasteiger partial charge on any atom is -0.324 e. The van der Waals surface area contributed by atoms with Gasteiger partial charge in [0.1, 0.15) is 0 Å². The van der Waals surface area contributed by atoms with Gasteiger partial charge >= 0.3 is 0 Å². The van der Waals surface area contributed by atoms with Crippen molar-refractivity contribution in [3.05, 3.63) is 28.0 Å². The summed E-state index contributed by atoms with van der Waals surface area (Å²) in [5.41, 5.74) is 8.66. The molecule has 0 saturated heterocycles. The van der Waals surface area contributed by atoms with E-state index in [-0.39, 0.29) is 6.04 Å². The highest BCUT2D eigenvalue weighted by Crippen LogP contribution is 2.35. The molecular formula is C10H13BrN2. The van der Waals surface area contributed by atoms with Crippen LogP contribution in [0.1, 0.15) is 30.5 Å². The van der Waals surface area contributed by atoms with Crippen LogP contribution in [0.2, 0.25) is 0 Å². The van der Waals surface area contributed by atoms with Gasteiger partial charge in [0.05, 0.1) is 0 Å². The summed E-state index contributed by atoms with van der Waals surface area (Å²) in [6.45, 7) is 2.20. The Morgan fingerprint density at radius 3 is 3.08 bits per heavy atom. The zero-order valence-electron chi connectivity index (χ0n) is 7.63. The van der Waals surface area contributed by atoms with E-state index in [0.717, 1.165) is 10.9 Å². The number of rotatable bonds is 0. The highest BCUT2D eigenvalue weighted by atomic mass is 79.9. The fraction of sp³-hybridized carbons (Fsp3) is 0.500. The molecule has 0 bridgehead atoms. The van der Waals surface area contributed by atoms with Crippen molar-refractivity contribution in [3.63, 3.8) is 0 Å². The molecule has 0 fully saturated rings. The highest BCUT2D eigenvalue weighted by Gasteiger charge is 2.24. The molecular weight excluding hydrogens is 228 g/mol. The lowest BCUT2D eigenvalue weighted by Gasteiger charge is -2.28. The van der Waals surface area contributed by atoms with Crippen molar-refractivity contribution >= 4 is 15.9 Å². The Morgan fingerprint density at radius 2 is 2.31 bits per heavy atom. The molecule has 2 nitrogen and oxygen atoms in total. The molecule has 1 heterocycles. The zero-order chi connectivity index (χ0) is 9.42. The van der Waals surface area contributed by atoms with Crippen LogP contribution >= 0.6 is 15.9 Å². The van der Waals surface area contributed by atoms with E-state index in [9.17, 15) is 0 Å². The predicted molar refractivity (Wildman–Crippen MR) is 56.4 cm³/mol. The third-order valence-electron chi connectivity index (χ3n) is 2.86. The monoisotopic (exact) mass is 240 g/mol. The molecule has 0 radical (unpaired) electrons. The van der Waals surface area contributed by atoms with Gasteiger partial charge in [-0.1, -0.05) is 6.92 Å². The summed E-state index contributed by atoms with van der Waals surface area (Å²) >= 11 is 3.51. The minimum atomic E-state index is 0.161. The van der Waals surface area contributed by atoms with Crippen molar-refractivity contribution in [3.8, 4) is 0 Å². The number of hydrogen-bond donors (Lipinski definition) is 1. The standard InChI is InChI=1S/C10H13BrN2/c1-6-2-3-7-8(10(6)12)4-13-5-9(7)11/h4-6,10H,2-3,12H2,1H3. The molecule has 1 aromatic rings. The molecule has 2 N–H and O–H groups in total. The van der Waals surface area contributed by atoms with Gasteiger partial charge in [-0.05, 0) is 45.8 Å². The first kappa shape index (κ1) is 9.16. The van der Waals surface area contributed by atoms with Crippen molar-refractivity contribution in [2.45, 2.75) is 25.8 Å². The summed E-state index contributed by atoms with van der Waals surface area (Å²) < 4.78 is 1.10. The average molecular weight is 241 g/mol. The Kier molecular flexibility index (Phi) is 2.39. The first-order valence-electron chi connectivity index (χ1n) is 4.58. The van der Waals surface area contributed by atoms with E-state index in [2.05, 4.69) is 27.8 Å². The van der Waals surface area contributed by atoms with E-state index in [1.54, 1.807) is 0 Å². The zero-order valence-corrected chi connectivity index (χ0v) is 9.21. The van der Waals surface area contributed by atoms with E-state index in [1.165, 1.54) is 17.5 Å². The van der Waals surface area contributed by atoms with Crippen LogP contribution in [0.25, 0.3) is 0 Å². The molecule has 1 aliphatic carbocycles. The van der Waals surface area contributed by atoms with E-state index in [1.807, 2.05) is 12.4 Å². The number of fused-ring (bicyclic) bond motifs is 1. The lowest BCUT2D eigenvalue weighted by atomic mass is 9.82. The third kappa shape index (κ3) is 1.51. The Morgan fingerprint density at radius 1 is 1.54 bits per heavy atom. The van der Waals surface area contributed by atoms with Crippen LogP contribution in [-0.2, 0) is 6.42 Å². The van der Waals surface area contributed by atoms with E-state index in [0.29, 0.717) is 5.92 Å². The third-order valence-corrected chi connectivity index (χ3v) is 3.54. The van der Waals surface area contributed by atoms with Crippen LogP contribution in [0.5, 0.6) is 0 Å². The fourth-order valence-electron chi connectivity index (χ4n) is 1.89. The maximum Gasteiger partial charge on any atom is 0.0413 e. The van der Waals surface area contributed by atoms with Gasteiger partial charge in [-0.2, -0.15) is 0 Å². The van der Waals surface area contributed by atoms with Gasteiger partial charge in [0.15, 0.2) is 0 Å². The number of nitrogens with zero attached hydrogens (tertiary/aromatic N) is 1. The summed E-state index contributed by atoms with van der Waals surface area (Å²) in [5, 5.41) is 0. The Hall–Kier alpha value is -0.410. The quantitative estimate of drug-likeness (QED) is 0.757. The lowest BCUT2D eigenvalue weighted by Crippen LogP contribution is -2.25. The molecule has 3 heteroatoms. The van der Waals surface area contributed by atoms with Crippen molar-refractivity contribution in [1.82, 2.24) is 4.98 Å². The van der Waals surface area contributed by atoms with Crippen molar-refractivity contribution in [1.29, 1.82) is 0 Å². The van der Waals surface area contributed by atoms with E-state index in [4.69, 9.17) is 5.73 Å². The molecule has 0 saturated carbocycles. The van der Waals surface area contributed by atoms with Crippen LogP contribution in [0, 0.1) is 5.92 Å². The van der Waals surface area contributed by atoms with Crippen LogP contribution in [0.4, 0.5) is 0 Å². The Labute approximate surface area is 86.7 Å². The van der Waals surface area contributed by atoms with E-state index < -0.39 is 0 Å². The second-order valence-electron chi connectivity index (χ2n) is 3.73. The molecule has 0 aliphatic heterocycles. The maximum absolute atomic E-state index is 6.10. The van der Waals surface area contributed by atoms with Gasteiger partial charge < -0.3 is 5.73 Å². The topological polar surface area (TPSA) is 38.9 Å². The molecule has 1 aromatic heterocycles. The van der Waals surface area contributed by atoms with Gasteiger partial charge in [-0.3, -0.25) is 4.98 Å². The molecule has 13 heavy (non-hydrogen) atoms. The summed E-state index contributed by atoms with van der Waals surface area (Å²) in [5.74, 6) is 0.573. The Bertz CT molecular complexity index is 325. The van der Waals surface area contributed by atoms with Crippen molar-refractivity contribution in [2.24, 2.45) is 11.7 Å². The molecule has 0 spiro atoms. The molecule has 70 valence electrons.